The molecule has 0 aliphatic carbocycles. The van der Waals surface area contributed by atoms with Crippen LogP contribution in [0.3, 0.4) is 0 Å². The first kappa shape index (κ1) is 17.9. The van der Waals surface area contributed by atoms with Crippen molar-refractivity contribution < 1.29 is 9.84 Å². The second kappa shape index (κ2) is 8.94. The maximum atomic E-state index is 10.3. The van der Waals surface area contributed by atoms with Crippen molar-refractivity contribution in [3.05, 3.63) is 59.9 Å². The predicted octanol–water partition coefficient (Wildman–Crippen LogP) is 1.95. The third-order valence-electron chi connectivity index (χ3n) is 4.59. The first-order valence-corrected chi connectivity index (χ1v) is 8.91. The predicted molar refractivity (Wildman–Crippen MR) is 98.6 cm³/mol. The summed E-state index contributed by atoms with van der Waals surface area (Å²) in [5.41, 5.74) is 2.35. The maximum Gasteiger partial charge on any atom is 0.122 e. The highest BCUT2D eigenvalue weighted by Gasteiger charge is 2.19. The number of pyridine rings is 1. The van der Waals surface area contributed by atoms with E-state index in [1.165, 1.54) is 5.56 Å². The summed E-state index contributed by atoms with van der Waals surface area (Å²) in [6.45, 7) is 7.93. The van der Waals surface area contributed by atoms with Crippen molar-refractivity contribution in [3.8, 4) is 5.75 Å². The van der Waals surface area contributed by atoms with Crippen LogP contribution in [0.4, 0.5) is 0 Å². The van der Waals surface area contributed by atoms with Gasteiger partial charge in [0.15, 0.2) is 0 Å². The zero-order chi connectivity index (χ0) is 17.5. The second-order valence-electron chi connectivity index (χ2n) is 6.67. The van der Waals surface area contributed by atoms with Gasteiger partial charge in [-0.25, -0.2) is 0 Å². The molecule has 1 aromatic carbocycles. The Hall–Kier alpha value is -1.95. The highest BCUT2D eigenvalue weighted by Crippen LogP contribution is 2.16. The molecule has 134 valence electrons. The minimum absolute atomic E-state index is 0.334. The molecule has 1 atom stereocenters. The van der Waals surface area contributed by atoms with Gasteiger partial charge in [-0.3, -0.25) is 14.8 Å². The average Bonchev–Trinajstić information content (AvgIpc) is 2.64. The van der Waals surface area contributed by atoms with Gasteiger partial charge >= 0.3 is 0 Å². The zero-order valence-electron chi connectivity index (χ0n) is 14.8. The number of rotatable bonds is 7. The fourth-order valence-corrected chi connectivity index (χ4v) is 3.13. The minimum atomic E-state index is -0.468. The van der Waals surface area contributed by atoms with Crippen LogP contribution in [0, 0.1) is 6.92 Å². The Kier molecular flexibility index (Phi) is 6.39. The van der Waals surface area contributed by atoms with Gasteiger partial charge in [0.25, 0.3) is 0 Å². The molecule has 2 heterocycles. The van der Waals surface area contributed by atoms with Crippen LogP contribution in [0.15, 0.2) is 48.8 Å². The molecule has 1 aliphatic heterocycles. The lowest BCUT2D eigenvalue weighted by Crippen LogP contribution is -2.48. The molecular formula is C20H27N3O2. The summed E-state index contributed by atoms with van der Waals surface area (Å²) in [7, 11) is 0. The number of aliphatic hydroxyl groups is 1. The molecule has 5 heteroatoms. The number of hydrogen-bond donors (Lipinski definition) is 1. The highest BCUT2D eigenvalue weighted by atomic mass is 16.5. The third kappa shape index (κ3) is 5.53. The summed E-state index contributed by atoms with van der Waals surface area (Å²) in [5, 5.41) is 10.3. The lowest BCUT2D eigenvalue weighted by atomic mass is 10.2. The molecule has 0 saturated carbocycles. The lowest BCUT2D eigenvalue weighted by Gasteiger charge is -2.35. The van der Waals surface area contributed by atoms with E-state index < -0.39 is 6.10 Å². The molecule has 1 saturated heterocycles. The molecule has 3 rings (SSSR count). The molecule has 25 heavy (non-hydrogen) atoms. The number of para-hydroxylation sites is 1. The molecule has 1 aliphatic rings. The molecule has 1 unspecified atom stereocenters. The van der Waals surface area contributed by atoms with Gasteiger partial charge in [0.05, 0.1) is 0 Å². The lowest BCUT2D eigenvalue weighted by molar-refractivity contribution is 0.0444. The van der Waals surface area contributed by atoms with E-state index in [0.717, 1.165) is 44.0 Å². The zero-order valence-corrected chi connectivity index (χ0v) is 14.8. The smallest absolute Gasteiger partial charge is 0.122 e. The summed E-state index contributed by atoms with van der Waals surface area (Å²) < 4.78 is 5.75. The quantitative estimate of drug-likeness (QED) is 0.834. The molecule has 1 N–H and O–H groups in total. The van der Waals surface area contributed by atoms with E-state index in [0.29, 0.717) is 13.2 Å². The fraction of sp³-hybridized carbons (Fsp3) is 0.450. The SMILES string of the molecule is Cc1ccccc1OCC(O)CN1CCN(Cc2cccnc2)CC1. The van der Waals surface area contributed by atoms with Crippen LogP contribution in [0.1, 0.15) is 11.1 Å². The fourth-order valence-electron chi connectivity index (χ4n) is 3.13. The standard InChI is InChI=1S/C20H27N3O2/c1-17-5-2-3-7-20(17)25-16-19(24)15-23-11-9-22(10-12-23)14-18-6-4-8-21-13-18/h2-8,13,19,24H,9-12,14-16H2,1H3. The van der Waals surface area contributed by atoms with Crippen LogP contribution in [0.2, 0.25) is 0 Å². The topological polar surface area (TPSA) is 48.8 Å². The van der Waals surface area contributed by atoms with Crippen molar-refractivity contribution in [1.82, 2.24) is 14.8 Å². The highest BCUT2D eigenvalue weighted by molar-refractivity contribution is 5.31. The van der Waals surface area contributed by atoms with Crippen molar-refractivity contribution in [1.29, 1.82) is 0 Å². The number of ether oxygens (including phenoxy) is 1. The summed E-state index contributed by atoms with van der Waals surface area (Å²) in [6.07, 6.45) is 3.27. The number of aryl methyl sites for hydroxylation is 1. The van der Waals surface area contributed by atoms with E-state index in [-0.39, 0.29) is 0 Å². The minimum Gasteiger partial charge on any atom is -0.491 e. The van der Waals surface area contributed by atoms with Gasteiger partial charge in [0.2, 0.25) is 0 Å². The van der Waals surface area contributed by atoms with E-state index >= 15 is 0 Å². The van der Waals surface area contributed by atoms with Gasteiger partial charge in [-0.2, -0.15) is 0 Å². The van der Waals surface area contributed by atoms with Gasteiger partial charge in [0.1, 0.15) is 18.5 Å². The van der Waals surface area contributed by atoms with Crippen LogP contribution < -0.4 is 4.74 Å². The number of aromatic nitrogens is 1. The molecule has 0 radical (unpaired) electrons. The Morgan fingerprint density at radius 1 is 1.08 bits per heavy atom. The number of piperazine rings is 1. The van der Waals surface area contributed by atoms with Gasteiger partial charge in [-0.15, -0.1) is 0 Å². The number of nitrogens with zero attached hydrogens (tertiary/aromatic N) is 3. The number of aliphatic hydroxyl groups excluding tert-OH is 1. The van der Waals surface area contributed by atoms with Crippen molar-refractivity contribution in [2.24, 2.45) is 0 Å². The molecule has 1 aromatic heterocycles. The van der Waals surface area contributed by atoms with Crippen LogP contribution >= 0.6 is 0 Å². The summed E-state index contributed by atoms with van der Waals surface area (Å²) in [5.74, 6) is 0.850. The van der Waals surface area contributed by atoms with Crippen molar-refractivity contribution in [2.45, 2.75) is 19.6 Å². The molecule has 0 spiro atoms. The normalized spacial score (nSPS) is 17.4. The van der Waals surface area contributed by atoms with E-state index in [2.05, 4.69) is 20.9 Å². The Balaban J connectivity index is 1.37. The summed E-state index contributed by atoms with van der Waals surface area (Å²) in [4.78, 5) is 8.92. The number of hydrogen-bond acceptors (Lipinski definition) is 5. The molecule has 2 aromatic rings. The van der Waals surface area contributed by atoms with Crippen molar-refractivity contribution in [2.75, 3.05) is 39.3 Å². The first-order chi connectivity index (χ1) is 12.2. The number of β-amino-alcohol motifs (C(OH)–C–C–N with tert-alkyl or cyclic N) is 1. The maximum absolute atomic E-state index is 10.3. The largest absolute Gasteiger partial charge is 0.491 e. The van der Waals surface area contributed by atoms with Crippen LogP contribution in [-0.4, -0.2) is 65.3 Å². The average molecular weight is 341 g/mol. The third-order valence-corrected chi connectivity index (χ3v) is 4.59. The van der Waals surface area contributed by atoms with Crippen LogP contribution in [0.25, 0.3) is 0 Å². The second-order valence-corrected chi connectivity index (χ2v) is 6.67. The van der Waals surface area contributed by atoms with E-state index in [1.54, 1.807) is 0 Å². The van der Waals surface area contributed by atoms with Crippen molar-refractivity contribution in [3.63, 3.8) is 0 Å². The van der Waals surface area contributed by atoms with E-state index in [1.807, 2.05) is 49.6 Å². The van der Waals surface area contributed by atoms with Crippen LogP contribution in [-0.2, 0) is 6.54 Å². The van der Waals surface area contributed by atoms with E-state index in [4.69, 9.17) is 4.74 Å². The number of benzene rings is 1. The Morgan fingerprint density at radius 3 is 2.56 bits per heavy atom. The molecular weight excluding hydrogens is 314 g/mol. The molecule has 1 fully saturated rings. The monoisotopic (exact) mass is 341 g/mol. The van der Waals surface area contributed by atoms with Crippen LogP contribution in [0.5, 0.6) is 5.75 Å². The molecule has 0 bridgehead atoms. The van der Waals surface area contributed by atoms with Crippen molar-refractivity contribution >= 4 is 0 Å². The molecule has 5 nitrogen and oxygen atoms in total. The van der Waals surface area contributed by atoms with Gasteiger partial charge < -0.3 is 9.84 Å². The molecule has 0 amide bonds. The summed E-state index contributed by atoms with van der Waals surface area (Å²) >= 11 is 0. The van der Waals surface area contributed by atoms with Gasteiger partial charge in [-0.05, 0) is 30.2 Å². The Labute approximate surface area is 149 Å². The Bertz CT molecular complexity index is 642. The van der Waals surface area contributed by atoms with Gasteiger partial charge in [-0.1, -0.05) is 24.3 Å². The summed E-state index contributed by atoms with van der Waals surface area (Å²) in [6, 6.07) is 12.0. The van der Waals surface area contributed by atoms with Gasteiger partial charge in [0, 0.05) is 51.7 Å². The first-order valence-electron chi connectivity index (χ1n) is 8.91. The Morgan fingerprint density at radius 2 is 1.84 bits per heavy atom. The van der Waals surface area contributed by atoms with E-state index in [9.17, 15) is 5.11 Å².